The monoisotopic (exact) mass is 301 g/mol. The molecule has 0 radical (unpaired) electrons. The number of hydrogen-bond acceptors (Lipinski definition) is 4. The van der Waals surface area contributed by atoms with E-state index in [0.717, 1.165) is 34.7 Å². The molecule has 0 aliphatic heterocycles. The lowest BCUT2D eigenvalue weighted by Crippen LogP contribution is -2.21. The Bertz CT molecular complexity index is 756. The Balaban J connectivity index is 1.93. The number of thiazole rings is 1. The van der Waals surface area contributed by atoms with Crippen LogP contribution in [0.15, 0.2) is 35.8 Å². The van der Waals surface area contributed by atoms with Crippen LogP contribution >= 0.6 is 11.3 Å². The summed E-state index contributed by atoms with van der Waals surface area (Å²) < 4.78 is 13.9. The lowest BCUT2D eigenvalue weighted by Gasteiger charge is -2.21. The molecule has 2 aromatic heterocycles. The van der Waals surface area contributed by atoms with E-state index >= 15 is 0 Å². The van der Waals surface area contributed by atoms with Gasteiger partial charge in [0.15, 0.2) is 0 Å². The highest BCUT2D eigenvalue weighted by atomic mass is 32.1. The molecule has 5 heteroatoms. The summed E-state index contributed by atoms with van der Waals surface area (Å²) in [5.41, 5.74) is 2.27. The first-order valence-electron chi connectivity index (χ1n) is 6.80. The first kappa shape index (κ1) is 13.9. The molecule has 108 valence electrons. The van der Waals surface area contributed by atoms with Crippen LogP contribution in [0, 0.1) is 12.7 Å². The Hall–Kier alpha value is -2.01. The van der Waals surface area contributed by atoms with Gasteiger partial charge in [-0.15, -0.1) is 11.3 Å². The maximum Gasteiger partial charge on any atom is 0.149 e. The van der Waals surface area contributed by atoms with Gasteiger partial charge in [0.25, 0.3) is 0 Å². The van der Waals surface area contributed by atoms with Gasteiger partial charge in [-0.25, -0.2) is 14.4 Å². The number of para-hydroxylation sites is 1. The Morgan fingerprint density at radius 2 is 2.19 bits per heavy atom. The van der Waals surface area contributed by atoms with Gasteiger partial charge in [0, 0.05) is 48.4 Å². The first-order chi connectivity index (χ1) is 10.1. The van der Waals surface area contributed by atoms with Crippen molar-refractivity contribution < 1.29 is 4.39 Å². The minimum absolute atomic E-state index is 0.272. The lowest BCUT2D eigenvalue weighted by molar-refractivity contribution is 0.636. The zero-order valence-electron chi connectivity index (χ0n) is 12.0. The van der Waals surface area contributed by atoms with E-state index in [9.17, 15) is 4.39 Å². The average Bonchev–Trinajstić information content (AvgIpc) is 2.98. The Morgan fingerprint density at radius 3 is 2.95 bits per heavy atom. The van der Waals surface area contributed by atoms with Gasteiger partial charge in [-0.1, -0.05) is 12.1 Å². The van der Waals surface area contributed by atoms with E-state index in [1.165, 1.54) is 6.07 Å². The molecule has 0 unspecified atom stereocenters. The summed E-state index contributed by atoms with van der Waals surface area (Å²) in [6, 6.07) is 7.10. The summed E-state index contributed by atoms with van der Waals surface area (Å²) in [4.78, 5) is 10.7. The fourth-order valence-electron chi connectivity index (χ4n) is 2.40. The van der Waals surface area contributed by atoms with E-state index in [1.54, 1.807) is 17.4 Å². The first-order valence-corrected chi connectivity index (χ1v) is 7.68. The van der Waals surface area contributed by atoms with E-state index < -0.39 is 0 Å². The number of likely N-dealkylation sites (N-methyl/N-ethyl adjacent to an activating group) is 1. The highest BCUT2D eigenvalue weighted by molar-refractivity contribution is 7.09. The SMILES string of the molecule is Cc1cc(N(C)CCc2nccs2)c2cccc(F)c2n1. The molecule has 3 rings (SSSR count). The summed E-state index contributed by atoms with van der Waals surface area (Å²) in [6.07, 6.45) is 2.70. The van der Waals surface area contributed by atoms with Gasteiger partial charge < -0.3 is 4.90 Å². The molecule has 0 N–H and O–H groups in total. The molecule has 0 aliphatic rings. The third-order valence-corrected chi connectivity index (χ3v) is 4.29. The zero-order valence-corrected chi connectivity index (χ0v) is 12.8. The molecule has 3 nitrogen and oxygen atoms in total. The van der Waals surface area contributed by atoms with Crippen molar-refractivity contribution in [3.05, 3.63) is 52.4 Å². The second kappa shape index (κ2) is 5.77. The minimum atomic E-state index is -0.272. The molecule has 3 aromatic rings. The topological polar surface area (TPSA) is 29.0 Å². The fraction of sp³-hybridized carbons (Fsp3) is 0.250. The third kappa shape index (κ3) is 2.88. The smallest absolute Gasteiger partial charge is 0.149 e. The van der Waals surface area contributed by atoms with E-state index in [0.29, 0.717) is 5.52 Å². The van der Waals surface area contributed by atoms with Crippen LogP contribution in [0.5, 0.6) is 0 Å². The van der Waals surface area contributed by atoms with Crippen molar-refractivity contribution in [1.82, 2.24) is 9.97 Å². The maximum atomic E-state index is 13.9. The van der Waals surface area contributed by atoms with Crippen LogP contribution in [-0.4, -0.2) is 23.6 Å². The van der Waals surface area contributed by atoms with Crippen molar-refractivity contribution in [2.45, 2.75) is 13.3 Å². The number of anilines is 1. The maximum absolute atomic E-state index is 13.9. The summed E-state index contributed by atoms with van der Waals surface area (Å²) in [5.74, 6) is -0.272. The number of aryl methyl sites for hydroxylation is 1. The van der Waals surface area contributed by atoms with Gasteiger partial charge in [0.1, 0.15) is 11.3 Å². The van der Waals surface area contributed by atoms with Gasteiger partial charge in [0.05, 0.1) is 5.01 Å². The van der Waals surface area contributed by atoms with E-state index in [1.807, 2.05) is 37.7 Å². The van der Waals surface area contributed by atoms with Crippen molar-refractivity contribution in [2.24, 2.45) is 0 Å². The molecule has 0 aliphatic carbocycles. The number of benzene rings is 1. The molecule has 0 saturated heterocycles. The van der Waals surface area contributed by atoms with Crippen LogP contribution in [-0.2, 0) is 6.42 Å². The number of halogens is 1. The summed E-state index contributed by atoms with van der Waals surface area (Å²) in [5, 5.41) is 3.95. The number of pyridine rings is 1. The number of fused-ring (bicyclic) bond motifs is 1. The molecular formula is C16H16FN3S. The Morgan fingerprint density at radius 1 is 1.33 bits per heavy atom. The van der Waals surface area contributed by atoms with Gasteiger partial charge in [-0.05, 0) is 19.1 Å². The van der Waals surface area contributed by atoms with E-state index in [4.69, 9.17) is 0 Å². The molecule has 0 saturated carbocycles. The van der Waals surface area contributed by atoms with Crippen molar-refractivity contribution in [1.29, 1.82) is 0 Å². The predicted molar refractivity (Wildman–Crippen MR) is 85.5 cm³/mol. The number of nitrogens with zero attached hydrogens (tertiary/aromatic N) is 3. The zero-order chi connectivity index (χ0) is 14.8. The lowest BCUT2D eigenvalue weighted by atomic mass is 10.1. The molecular weight excluding hydrogens is 285 g/mol. The quantitative estimate of drug-likeness (QED) is 0.733. The van der Waals surface area contributed by atoms with Crippen LogP contribution in [0.25, 0.3) is 10.9 Å². The second-order valence-corrected chi connectivity index (χ2v) is 6.00. The van der Waals surface area contributed by atoms with Gasteiger partial charge >= 0.3 is 0 Å². The van der Waals surface area contributed by atoms with Crippen LogP contribution in [0.3, 0.4) is 0 Å². The van der Waals surface area contributed by atoms with Crippen molar-refractivity contribution in [2.75, 3.05) is 18.5 Å². The fourth-order valence-corrected chi connectivity index (χ4v) is 3.01. The molecule has 0 atom stereocenters. The highest BCUT2D eigenvalue weighted by Gasteiger charge is 2.11. The van der Waals surface area contributed by atoms with E-state index in [2.05, 4.69) is 14.9 Å². The molecule has 0 bridgehead atoms. The number of rotatable bonds is 4. The minimum Gasteiger partial charge on any atom is -0.374 e. The van der Waals surface area contributed by atoms with Gasteiger partial charge in [0.2, 0.25) is 0 Å². The predicted octanol–water partition coefficient (Wildman–Crippen LogP) is 3.82. The molecule has 1 aromatic carbocycles. The van der Waals surface area contributed by atoms with Crippen molar-refractivity contribution in [3.63, 3.8) is 0 Å². The Kier molecular flexibility index (Phi) is 3.84. The van der Waals surface area contributed by atoms with Crippen LogP contribution in [0.4, 0.5) is 10.1 Å². The standard InChI is InChI=1S/C16H16FN3S/c1-11-10-14(12-4-3-5-13(17)16(12)19-11)20(2)8-6-15-18-7-9-21-15/h3-5,7,9-10H,6,8H2,1-2H3. The van der Waals surface area contributed by atoms with Gasteiger partial charge in [-0.3, -0.25) is 0 Å². The molecule has 21 heavy (non-hydrogen) atoms. The summed E-state index contributed by atoms with van der Waals surface area (Å²) in [7, 11) is 2.02. The third-order valence-electron chi connectivity index (χ3n) is 3.45. The molecule has 0 spiro atoms. The molecule has 0 amide bonds. The Labute approximate surface area is 127 Å². The number of hydrogen-bond donors (Lipinski definition) is 0. The van der Waals surface area contributed by atoms with E-state index in [-0.39, 0.29) is 5.82 Å². The molecule has 0 fully saturated rings. The molecule has 2 heterocycles. The highest BCUT2D eigenvalue weighted by Crippen LogP contribution is 2.27. The normalized spacial score (nSPS) is 11.0. The van der Waals surface area contributed by atoms with Gasteiger partial charge in [-0.2, -0.15) is 0 Å². The van der Waals surface area contributed by atoms with Crippen LogP contribution in [0.1, 0.15) is 10.7 Å². The van der Waals surface area contributed by atoms with Crippen molar-refractivity contribution >= 4 is 27.9 Å². The number of aromatic nitrogens is 2. The largest absolute Gasteiger partial charge is 0.374 e. The van der Waals surface area contributed by atoms with Crippen molar-refractivity contribution in [3.8, 4) is 0 Å². The second-order valence-electron chi connectivity index (χ2n) is 5.02. The summed E-state index contributed by atoms with van der Waals surface area (Å²) in [6.45, 7) is 2.73. The average molecular weight is 301 g/mol. The van der Waals surface area contributed by atoms with Crippen LogP contribution < -0.4 is 4.90 Å². The summed E-state index contributed by atoms with van der Waals surface area (Å²) >= 11 is 1.66. The van der Waals surface area contributed by atoms with Crippen LogP contribution in [0.2, 0.25) is 0 Å².